The highest BCUT2D eigenvalue weighted by Crippen LogP contribution is 2.28. The predicted molar refractivity (Wildman–Crippen MR) is 118 cm³/mol. The summed E-state index contributed by atoms with van der Waals surface area (Å²) < 4.78 is 5.11. The van der Waals surface area contributed by atoms with Gasteiger partial charge < -0.3 is 15.0 Å². The number of amides is 2. The quantitative estimate of drug-likeness (QED) is 0.534. The van der Waals surface area contributed by atoms with Gasteiger partial charge in [0.1, 0.15) is 11.8 Å². The van der Waals surface area contributed by atoms with Gasteiger partial charge >= 0.3 is 0 Å². The fourth-order valence-electron chi connectivity index (χ4n) is 3.07. The van der Waals surface area contributed by atoms with E-state index in [1.54, 1.807) is 66.6 Å². The van der Waals surface area contributed by atoms with Gasteiger partial charge in [0.15, 0.2) is 5.11 Å². The van der Waals surface area contributed by atoms with Crippen molar-refractivity contribution in [1.82, 2.24) is 4.90 Å². The zero-order valence-corrected chi connectivity index (χ0v) is 17.4. The minimum atomic E-state index is -0.713. The van der Waals surface area contributed by atoms with Crippen LogP contribution in [0, 0.1) is 0 Å². The Kier molecular flexibility index (Phi) is 6.51. The van der Waals surface area contributed by atoms with Crippen LogP contribution in [0.15, 0.2) is 61.2 Å². The molecule has 0 saturated carbocycles. The second-order valence-corrected chi connectivity index (χ2v) is 7.17. The zero-order chi connectivity index (χ0) is 21.0. The van der Waals surface area contributed by atoms with Gasteiger partial charge in [0.2, 0.25) is 5.91 Å². The lowest BCUT2D eigenvalue weighted by Gasteiger charge is -2.22. The fourth-order valence-corrected chi connectivity index (χ4v) is 3.59. The lowest BCUT2D eigenvalue weighted by atomic mass is 10.1. The van der Waals surface area contributed by atoms with Crippen LogP contribution in [-0.2, 0) is 9.59 Å². The average molecular weight is 430 g/mol. The first kappa shape index (κ1) is 20.8. The normalized spacial score (nSPS) is 16.1. The molecule has 1 fully saturated rings. The topological polar surface area (TPSA) is 61.9 Å². The minimum absolute atomic E-state index is 0.0388. The van der Waals surface area contributed by atoms with E-state index in [1.165, 1.54) is 4.90 Å². The molecule has 0 unspecified atom stereocenters. The second kappa shape index (κ2) is 9.07. The van der Waals surface area contributed by atoms with Crippen LogP contribution in [0.5, 0.6) is 5.75 Å². The summed E-state index contributed by atoms with van der Waals surface area (Å²) in [6.07, 6.45) is 1.61. The molecular formula is C21H20ClN3O3S. The Morgan fingerprint density at radius 2 is 1.90 bits per heavy atom. The van der Waals surface area contributed by atoms with Crippen molar-refractivity contribution in [3.05, 3.63) is 66.2 Å². The van der Waals surface area contributed by atoms with Crippen molar-refractivity contribution in [2.75, 3.05) is 23.9 Å². The number of carbonyl (C=O) groups excluding carboxylic acids is 2. The SMILES string of the molecule is C=CCN1C(=S)N(c2ccc(Cl)cc2)C(=O)[C@@H]1CC(=O)Nc1ccc(OC)cc1. The van der Waals surface area contributed by atoms with Crippen molar-refractivity contribution in [3.63, 3.8) is 0 Å². The van der Waals surface area contributed by atoms with Crippen molar-refractivity contribution < 1.29 is 14.3 Å². The maximum absolute atomic E-state index is 13.1. The van der Waals surface area contributed by atoms with Gasteiger partial charge in [-0.05, 0) is 60.7 Å². The summed E-state index contributed by atoms with van der Waals surface area (Å²) in [5.74, 6) is 0.141. The molecular weight excluding hydrogens is 410 g/mol. The highest BCUT2D eigenvalue weighted by molar-refractivity contribution is 7.80. The maximum Gasteiger partial charge on any atom is 0.256 e. The third kappa shape index (κ3) is 4.58. The van der Waals surface area contributed by atoms with Gasteiger partial charge in [-0.3, -0.25) is 14.5 Å². The number of hydrogen-bond acceptors (Lipinski definition) is 4. The number of methoxy groups -OCH3 is 1. The summed E-state index contributed by atoms with van der Waals surface area (Å²) in [5, 5.41) is 3.69. The number of thiocarbonyl (C=S) groups is 1. The first-order chi connectivity index (χ1) is 13.9. The molecule has 2 aromatic carbocycles. The van der Waals surface area contributed by atoms with E-state index in [0.29, 0.717) is 33.8 Å². The molecule has 1 atom stereocenters. The Hall–Kier alpha value is -2.90. The molecule has 1 saturated heterocycles. The Labute approximate surface area is 179 Å². The highest BCUT2D eigenvalue weighted by atomic mass is 35.5. The molecule has 1 N–H and O–H groups in total. The molecule has 0 bridgehead atoms. The van der Waals surface area contributed by atoms with Gasteiger partial charge in [-0.15, -0.1) is 6.58 Å². The van der Waals surface area contributed by atoms with Gasteiger partial charge in [0.05, 0.1) is 19.2 Å². The Bertz CT molecular complexity index is 931. The summed E-state index contributed by atoms with van der Waals surface area (Å²) in [4.78, 5) is 28.8. The number of halogens is 1. The number of rotatable bonds is 7. The highest BCUT2D eigenvalue weighted by Gasteiger charge is 2.43. The van der Waals surface area contributed by atoms with Crippen molar-refractivity contribution in [2.24, 2.45) is 0 Å². The van der Waals surface area contributed by atoms with E-state index in [9.17, 15) is 9.59 Å². The molecule has 29 heavy (non-hydrogen) atoms. The largest absolute Gasteiger partial charge is 0.497 e. The van der Waals surface area contributed by atoms with Crippen molar-refractivity contribution in [3.8, 4) is 5.75 Å². The number of nitrogens with zero attached hydrogens (tertiary/aromatic N) is 2. The first-order valence-corrected chi connectivity index (χ1v) is 9.68. The number of benzene rings is 2. The van der Waals surface area contributed by atoms with E-state index in [1.807, 2.05) is 0 Å². The van der Waals surface area contributed by atoms with Gasteiger partial charge in [0.25, 0.3) is 5.91 Å². The third-order valence-corrected chi connectivity index (χ3v) is 5.15. The van der Waals surface area contributed by atoms with Crippen LogP contribution in [0.25, 0.3) is 0 Å². The van der Waals surface area contributed by atoms with Crippen LogP contribution >= 0.6 is 23.8 Å². The van der Waals surface area contributed by atoms with E-state index in [-0.39, 0.29) is 18.2 Å². The average Bonchev–Trinajstić information content (AvgIpc) is 2.94. The standard InChI is InChI=1S/C21H20ClN3O3S/c1-3-12-24-18(13-19(26)23-15-6-10-17(28-2)11-7-15)20(27)25(21(24)29)16-8-4-14(22)5-9-16/h3-11,18H,1,12-13H2,2H3,(H,23,26)/t18-/m0/s1. The Morgan fingerprint density at radius 1 is 1.24 bits per heavy atom. The molecule has 2 aromatic rings. The maximum atomic E-state index is 13.1. The molecule has 1 aliphatic heterocycles. The first-order valence-electron chi connectivity index (χ1n) is 8.89. The van der Waals surface area contributed by atoms with Crippen LogP contribution in [0.1, 0.15) is 6.42 Å². The number of nitrogens with one attached hydrogen (secondary N) is 1. The summed E-state index contributed by atoms with van der Waals surface area (Å²) in [7, 11) is 1.57. The summed E-state index contributed by atoms with van der Waals surface area (Å²) in [6.45, 7) is 4.09. The molecule has 0 aliphatic carbocycles. The monoisotopic (exact) mass is 429 g/mol. The van der Waals surface area contributed by atoms with Crippen LogP contribution in [0.2, 0.25) is 5.02 Å². The van der Waals surface area contributed by atoms with Gasteiger partial charge in [-0.1, -0.05) is 17.7 Å². The zero-order valence-electron chi connectivity index (χ0n) is 15.8. The molecule has 2 amide bonds. The lowest BCUT2D eigenvalue weighted by molar-refractivity contribution is -0.124. The Morgan fingerprint density at radius 3 is 2.48 bits per heavy atom. The van der Waals surface area contributed by atoms with E-state index < -0.39 is 6.04 Å². The molecule has 150 valence electrons. The van der Waals surface area contributed by atoms with Crippen LogP contribution in [-0.4, -0.2) is 41.5 Å². The molecule has 0 aromatic heterocycles. The predicted octanol–water partition coefficient (Wildman–Crippen LogP) is 3.87. The minimum Gasteiger partial charge on any atom is -0.497 e. The molecule has 1 aliphatic rings. The van der Waals surface area contributed by atoms with Gasteiger partial charge in [-0.25, -0.2) is 0 Å². The summed E-state index contributed by atoms with van der Waals surface area (Å²) >= 11 is 11.5. The molecule has 8 heteroatoms. The van der Waals surface area contributed by atoms with Crippen LogP contribution < -0.4 is 15.0 Å². The second-order valence-electron chi connectivity index (χ2n) is 6.37. The van der Waals surface area contributed by atoms with Crippen molar-refractivity contribution >= 4 is 52.1 Å². The van der Waals surface area contributed by atoms with Gasteiger partial charge in [0, 0.05) is 17.3 Å². The van der Waals surface area contributed by atoms with E-state index >= 15 is 0 Å². The molecule has 6 nitrogen and oxygen atoms in total. The fraction of sp³-hybridized carbons (Fsp3) is 0.190. The molecule has 0 radical (unpaired) electrons. The van der Waals surface area contributed by atoms with Crippen LogP contribution in [0.3, 0.4) is 0 Å². The number of carbonyl (C=O) groups is 2. The number of ether oxygens (including phenoxy) is 1. The smallest absolute Gasteiger partial charge is 0.256 e. The third-order valence-electron chi connectivity index (χ3n) is 4.48. The van der Waals surface area contributed by atoms with Crippen molar-refractivity contribution in [2.45, 2.75) is 12.5 Å². The number of hydrogen-bond donors (Lipinski definition) is 1. The summed E-state index contributed by atoms with van der Waals surface area (Å²) in [5.41, 5.74) is 1.23. The van der Waals surface area contributed by atoms with Crippen molar-refractivity contribution in [1.29, 1.82) is 0 Å². The summed E-state index contributed by atoms with van der Waals surface area (Å²) in [6, 6.07) is 13.1. The van der Waals surface area contributed by atoms with E-state index in [2.05, 4.69) is 11.9 Å². The molecule has 3 rings (SSSR count). The molecule has 1 heterocycles. The van der Waals surface area contributed by atoms with Crippen LogP contribution in [0.4, 0.5) is 11.4 Å². The number of anilines is 2. The molecule has 0 spiro atoms. The Balaban J connectivity index is 1.77. The van der Waals surface area contributed by atoms with Gasteiger partial charge in [-0.2, -0.15) is 0 Å². The lowest BCUT2D eigenvalue weighted by Crippen LogP contribution is -2.37. The van der Waals surface area contributed by atoms with E-state index in [4.69, 9.17) is 28.6 Å². The van der Waals surface area contributed by atoms with E-state index in [0.717, 1.165) is 0 Å².